The third-order valence-corrected chi connectivity index (χ3v) is 7.77. The van der Waals surface area contributed by atoms with Crippen LogP contribution in [0.25, 0.3) is 11.1 Å². The first-order valence-corrected chi connectivity index (χ1v) is 14.3. The van der Waals surface area contributed by atoms with Crippen LogP contribution < -0.4 is 9.47 Å². The summed E-state index contributed by atoms with van der Waals surface area (Å²) in [5.74, 6) is -1.63. The van der Waals surface area contributed by atoms with Gasteiger partial charge in [0.15, 0.2) is 23.1 Å². The third kappa shape index (κ3) is 7.48. The van der Waals surface area contributed by atoms with Gasteiger partial charge in [-0.2, -0.15) is 4.39 Å². The van der Waals surface area contributed by atoms with Crippen LogP contribution in [-0.4, -0.2) is 18.3 Å². The number of benzene rings is 3. The molecule has 0 saturated heterocycles. The Balaban J connectivity index is 1.29. The van der Waals surface area contributed by atoms with Crippen LogP contribution in [0.4, 0.5) is 13.2 Å². The average Bonchev–Trinajstić information content (AvgIpc) is 2.97. The quantitative estimate of drug-likeness (QED) is 0.170. The topological polar surface area (TPSA) is 38.7 Å². The maximum absolute atomic E-state index is 14.9. The van der Waals surface area contributed by atoms with E-state index in [2.05, 4.69) is 6.58 Å². The number of rotatable bonds is 13. The van der Waals surface area contributed by atoms with Crippen molar-refractivity contribution < 1.29 is 27.8 Å². The van der Waals surface area contributed by atoms with Crippen molar-refractivity contribution in [1.82, 2.24) is 0 Å². The molecule has 0 amide bonds. The summed E-state index contributed by atoms with van der Waals surface area (Å²) in [6.45, 7) is 6.43. The molecular formula is C34H39F3O3. The summed E-state index contributed by atoms with van der Waals surface area (Å²) in [5.41, 5.74) is 2.42. The van der Waals surface area contributed by atoms with Gasteiger partial charge in [0.05, 0.1) is 19.3 Å². The van der Waals surface area contributed by atoms with Gasteiger partial charge in [-0.25, -0.2) is 8.78 Å². The molecule has 3 aromatic rings. The molecule has 1 N–H and O–H groups in total. The summed E-state index contributed by atoms with van der Waals surface area (Å²) in [6, 6.07) is 15.1. The molecule has 1 aliphatic rings. The Kier molecular flexibility index (Phi) is 10.7. The van der Waals surface area contributed by atoms with Crippen LogP contribution in [0.5, 0.6) is 11.5 Å². The van der Waals surface area contributed by atoms with Crippen molar-refractivity contribution in [2.75, 3.05) is 13.2 Å². The number of aliphatic hydroxyl groups excluding tert-OH is 1. The lowest BCUT2D eigenvalue weighted by Crippen LogP contribution is -2.19. The highest BCUT2D eigenvalue weighted by atomic mass is 19.2. The number of allylic oxidation sites excluding steroid dienone is 1. The smallest absolute Gasteiger partial charge is 0.201 e. The highest BCUT2D eigenvalue weighted by molar-refractivity contribution is 5.65. The molecule has 0 spiro atoms. The molecule has 4 rings (SSSR count). The van der Waals surface area contributed by atoms with Crippen molar-refractivity contribution in [1.29, 1.82) is 0 Å². The van der Waals surface area contributed by atoms with Gasteiger partial charge in [0, 0.05) is 5.56 Å². The zero-order chi connectivity index (χ0) is 28.5. The lowest BCUT2D eigenvalue weighted by molar-refractivity contribution is 0.166. The highest BCUT2D eigenvalue weighted by Gasteiger charge is 2.25. The van der Waals surface area contributed by atoms with E-state index in [1.54, 1.807) is 36.4 Å². The van der Waals surface area contributed by atoms with Gasteiger partial charge in [0.1, 0.15) is 0 Å². The van der Waals surface area contributed by atoms with Crippen LogP contribution in [0.15, 0.2) is 67.3 Å². The van der Waals surface area contributed by atoms with Gasteiger partial charge in [-0.3, -0.25) is 0 Å². The van der Waals surface area contributed by atoms with E-state index in [9.17, 15) is 18.3 Å². The third-order valence-electron chi connectivity index (χ3n) is 7.77. The van der Waals surface area contributed by atoms with Crippen molar-refractivity contribution in [3.8, 4) is 22.6 Å². The van der Waals surface area contributed by atoms with Crippen molar-refractivity contribution >= 4 is 0 Å². The average molecular weight is 553 g/mol. The Morgan fingerprint density at radius 1 is 0.925 bits per heavy atom. The predicted molar refractivity (Wildman–Crippen MR) is 153 cm³/mol. The van der Waals surface area contributed by atoms with Gasteiger partial charge >= 0.3 is 0 Å². The van der Waals surface area contributed by atoms with Crippen molar-refractivity contribution in [3.05, 3.63) is 95.8 Å². The fourth-order valence-corrected chi connectivity index (χ4v) is 5.36. The van der Waals surface area contributed by atoms with Crippen LogP contribution >= 0.6 is 0 Å². The van der Waals surface area contributed by atoms with E-state index >= 15 is 0 Å². The summed E-state index contributed by atoms with van der Waals surface area (Å²) in [5, 5.41) is 10.1. The Hall–Kier alpha value is -3.25. The zero-order valence-electron chi connectivity index (χ0n) is 23.2. The summed E-state index contributed by atoms with van der Waals surface area (Å²) >= 11 is 0. The second-order valence-corrected chi connectivity index (χ2v) is 10.7. The zero-order valence-corrected chi connectivity index (χ0v) is 23.2. The maximum Gasteiger partial charge on any atom is 0.201 e. The molecule has 0 radical (unpaired) electrons. The number of halogens is 3. The largest absolute Gasteiger partial charge is 0.491 e. The Labute approximate surface area is 235 Å². The summed E-state index contributed by atoms with van der Waals surface area (Å²) in [4.78, 5) is 0. The second-order valence-electron chi connectivity index (χ2n) is 10.7. The summed E-state index contributed by atoms with van der Waals surface area (Å²) in [6.07, 6.45) is 7.88. The fourth-order valence-electron chi connectivity index (χ4n) is 5.36. The minimum absolute atomic E-state index is 0.0934. The van der Waals surface area contributed by atoms with Crippen molar-refractivity contribution in [2.45, 2.75) is 70.3 Å². The Bertz CT molecular complexity index is 1250. The number of aliphatic hydroxyl groups is 1. The molecule has 1 atom stereocenters. The van der Waals surface area contributed by atoms with Crippen LogP contribution in [0.1, 0.15) is 81.4 Å². The van der Waals surface area contributed by atoms with E-state index < -0.39 is 17.7 Å². The normalized spacial score (nSPS) is 17.8. The van der Waals surface area contributed by atoms with Gasteiger partial charge in [-0.1, -0.05) is 49.8 Å². The molecule has 1 aliphatic carbocycles. The number of unbranched alkanes of at least 4 members (excludes halogenated alkanes) is 1. The molecule has 1 unspecified atom stereocenters. The molecule has 1 saturated carbocycles. The number of hydrogen-bond donors (Lipinski definition) is 1. The van der Waals surface area contributed by atoms with Gasteiger partial charge in [-0.05, 0) is 97.7 Å². The van der Waals surface area contributed by atoms with Gasteiger partial charge in [0.2, 0.25) is 5.82 Å². The standard InChI is InChI=1S/C34H39F3O3/c1-3-5-6-20-39-31-18-16-27(21-29(31)35)24-10-8-23(9-11-24)22-40-32-19-17-28(33(36)34(32)37)25-12-14-26(15-13-25)30(38)7-4-2/h3,12-19,21,23-24,30,38H,1,4-11,20,22H2,2H3. The molecule has 0 bridgehead atoms. The van der Waals surface area contributed by atoms with Gasteiger partial charge in [-0.15, -0.1) is 6.58 Å². The number of ether oxygens (including phenoxy) is 2. The first-order chi connectivity index (χ1) is 19.4. The summed E-state index contributed by atoms with van der Waals surface area (Å²) in [7, 11) is 0. The molecule has 3 nitrogen and oxygen atoms in total. The van der Waals surface area contributed by atoms with Gasteiger partial charge < -0.3 is 14.6 Å². The van der Waals surface area contributed by atoms with E-state index in [0.29, 0.717) is 25.2 Å². The maximum atomic E-state index is 14.9. The SMILES string of the molecule is C=CCCCOc1ccc(C2CCC(COc3ccc(-c4ccc(C(O)CCC)cc4)c(F)c3F)CC2)cc1F. The molecule has 0 aliphatic heterocycles. The Morgan fingerprint density at radius 3 is 2.33 bits per heavy atom. The van der Waals surface area contributed by atoms with E-state index in [-0.39, 0.29) is 34.7 Å². The molecule has 1 fully saturated rings. The van der Waals surface area contributed by atoms with Crippen molar-refractivity contribution in [2.24, 2.45) is 5.92 Å². The first-order valence-electron chi connectivity index (χ1n) is 14.3. The molecule has 214 valence electrons. The first kappa shape index (κ1) is 29.7. The van der Waals surface area contributed by atoms with E-state index in [0.717, 1.165) is 56.1 Å². The molecule has 6 heteroatoms. The second kappa shape index (κ2) is 14.4. The lowest BCUT2D eigenvalue weighted by Gasteiger charge is -2.29. The fraction of sp³-hybridized carbons (Fsp3) is 0.412. The molecular weight excluding hydrogens is 513 g/mol. The van der Waals surface area contributed by atoms with Crippen molar-refractivity contribution in [3.63, 3.8) is 0 Å². The minimum Gasteiger partial charge on any atom is -0.491 e. The molecule has 3 aromatic carbocycles. The van der Waals surface area contributed by atoms with Crippen LogP contribution in [-0.2, 0) is 0 Å². The van der Waals surface area contributed by atoms with Gasteiger partial charge in [0.25, 0.3) is 0 Å². The monoisotopic (exact) mass is 552 g/mol. The highest BCUT2D eigenvalue weighted by Crippen LogP contribution is 2.38. The van der Waals surface area contributed by atoms with E-state index in [4.69, 9.17) is 9.47 Å². The number of hydrogen-bond acceptors (Lipinski definition) is 3. The molecule has 0 heterocycles. The van der Waals surface area contributed by atoms with Crippen LogP contribution in [0, 0.1) is 23.4 Å². The summed E-state index contributed by atoms with van der Waals surface area (Å²) < 4.78 is 55.6. The van der Waals surface area contributed by atoms with Crippen LogP contribution in [0.3, 0.4) is 0 Å². The predicted octanol–water partition coefficient (Wildman–Crippen LogP) is 9.30. The van der Waals surface area contributed by atoms with E-state index in [1.807, 2.05) is 19.1 Å². The van der Waals surface area contributed by atoms with Crippen LogP contribution in [0.2, 0.25) is 0 Å². The molecule has 0 aromatic heterocycles. The minimum atomic E-state index is -0.997. The Morgan fingerprint density at radius 2 is 1.65 bits per heavy atom. The molecule has 40 heavy (non-hydrogen) atoms. The lowest BCUT2D eigenvalue weighted by atomic mass is 9.79. The van der Waals surface area contributed by atoms with E-state index in [1.165, 1.54) is 12.1 Å².